The summed E-state index contributed by atoms with van der Waals surface area (Å²) in [7, 11) is 0. The number of anilines is 1. The Morgan fingerprint density at radius 3 is 2.95 bits per heavy atom. The SMILES string of the molecule is Cc1nnc(N/N=C\C2=CC[C@H]3C[C@@H]2C3(C)C)[nH]c1=O. The minimum absolute atomic E-state index is 0.252. The van der Waals surface area contributed by atoms with Gasteiger partial charge in [0.05, 0.1) is 6.21 Å². The molecule has 106 valence electrons. The molecule has 1 heterocycles. The van der Waals surface area contributed by atoms with E-state index in [2.05, 4.69) is 45.6 Å². The van der Waals surface area contributed by atoms with Gasteiger partial charge in [-0.1, -0.05) is 19.9 Å². The van der Waals surface area contributed by atoms with Crippen molar-refractivity contribution in [1.82, 2.24) is 15.2 Å². The lowest BCUT2D eigenvalue weighted by Gasteiger charge is -2.55. The van der Waals surface area contributed by atoms with Gasteiger partial charge in [-0.3, -0.25) is 9.78 Å². The summed E-state index contributed by atoms with van der Waals surface area (Å²) in [6.07, 6.45) is 6.48. The van der Waals surface area contributed by atoms with Crippen molar-refractivity contribution in [1.29, 1.82) is 0 Å². The Labute approximate surface area is 117 Å². The first-order valence-electron chi connectivity index (χ1n) is 6.91. The highest BCUT2D eigenvalue weighted by molar-refractivity contribution is 5.81. The van der Waals surface area contributed by atoms with E-state index in [1.54, 1.807) is 6.92 Å². The smallest absolute Gasteiger partial charge is 0.274 e. The van der Waals surface area contributed by atoms with Gasteiger partial charge in [0.2, 0.25) is 5.95 Å². The van der Waals surface area contributed by atoms with E-state index < -0.39 is 0 Å². The standard InChI is InChI=1S/C14H19N5O/c1-8-12(20)16-13(19-17-8)18-15-7-9-4-5-10-6-11(9)14(10,2)3/h4,7,10-11H,5-6H2,1-3H3,(H2,16,18,19,20)/b15-7-/t10-,11-/m0/s1. The van der Waals surface area contributed by atoms with Gasteiger partial charge in [0.25, 0.3) is 5.56 Å². The molecule has 2 bridgehead atoms. The zero-order valence-corrected chi connectivity index (χ0v) is 12.0. The van der Waals surface area contributed by atoms with Crippen molar-refractivity contribution in [2.75, 3.05) is 5.43 Å². The van der Waals surface area contributed by atoms with Gasteiger partial charge in [0, 0.05) is 0 Å². The lowest BCUT2D eigenvalue weighted by molar-refractivity contribution is -0.00124. The Morgan fingerprint density at radius 2 is 2.30 bits per heavy atom. The van der Waals surface area contributed by atoms with E-state index in [1.807, 2.05) is 6.21 Å². The molecule has 6 nitrogen and oxygen atoms in total. The number of aromatic nitrogens is 3. The molecule has 3 aliphatic carbocycles. The van der Waals surface area contributed by atoms with Crippen molar-refractivity contribution < 1.29 is 0 Å². The molecule has 0 radical (unpaired) electrons. The molecule has 0 unspecified atom stereocenters. The third-order valence-electron chi connectivity index (χ3n) is 4.76. The van der Waals surface area contributed by atoms with Gasteiger partial charge in [0.1, 0.15) is 5.69 Å². The molecule has 0 aliphatic heterocycles. The molecule has 1 saturated carbocycles. The first kappa shape index (κ1) is 13.0. The van der Waals surface area contributed by atoms with Crippen LogP contribution < -0.4 is 11.0 Å². The van der Waals surface area contributed by atoms with Crippen LogP contribution in [0.1, 0.15) is 32.4 Å². The van der Waals surface area contributed by atoms with Crippen molar-refractivity contribution in [3.05, 3.63) is 27.7 Å². The van der Waals surface area contributed by atoms with Crippen molar-refractivity contribution >= 4 is 12.2 Å². The maximum absolute atomic E-state index is 11.4. The van der Waals surface area contributed by atoms with E-state index in [9.17, 15) is 4.79 Å². The number of hydrazone groups is 1. The second kappa shape index (κ2) is 4.54. The summed E-state index contributed by atoms with van der Waals surface area (Å²) in [5.74, 6) is 1.67. The number of aryl methyl sites for hydroxylation is 1. The normalized spacial score (nSPS) is 27.1. The van der Waals surface area contributed by atoms with Crippen LogP contribution in [0, 0.1) is 24.2 Å². The number of nitrogens with zero attached hydrogens (tertiary/aromatic N) is 3. The van der Waals surface area contributed by atoms with E-state index in [0.29, 0.717) is 17.0 Å². The predicted molar refractivity (Wildman–Crippen MR) is 77.6 cm³/mol. The minimum atomic E-state index is -0.252. The van der Waals surface area contributed by atoms with Crippen molar-refractivity contribution in [3.63, 3.8) is 0 Å². The number of H-pyrrole nitrogens is 1. The van der Waals surface area contributed by atoms with E-state index >= 15 is 0 Å². The molecule has 2 atom stereocenters. The topological polar surface area (TPSA) is 83.0 Å². The van der Waals surface area contributed by atoms with E-state index in [4.69, 9.17) is 0 Å². The number of aromatic amines is 1. The number of fused-ring (bicyclic) bond motifs is 1. The average Bonchev–Trinajstić information content (AvgIpc) is 2.43. The lowest BCUT2D eigenvalue weighted by atomic mass is 9.49. The largest absolute Gasteiger partial charge is 0.288 e. The maximum atomic E-state index is 11.4. The second-order valence-electron chi connectivity index (χ2n) is 6.20. The van der Waals surface area contributed by atoms with Crippen molar-refractivity contribution in [2.45, 2.75) is 33.6 Å². The highest BCUT2D eigenvalue weighted by atomic mass is 16.1. The van der Waals surface area contributed by atoms with Crippen LogP contribution in [0.5, 0.6) is 0 Å². The summed E-state index contributed by atoms with van der Waals surface area (Å²) >= 11 is 0. The first-order chi connectivity index (χ1) is 9.48. The first-order valence-corrected chi connectivity index (χ1v) is 6.91. The molecular weight excluding hydrogens is 254 g/mol. The molecule has 2 N–H and O–H groups in total. The van der Waals surface area contributed by atoms with Gasteiger partial charge >= 0.3 is 0 Å². The van der Waals surface area contributed by atoms with E-state index in [0.717, 1.165) is 12.3 Å². The Kier molecular flexibility index (Phi) is 2.96. The van der Waals surface area contributed by atoms with Crippen LogP contribution >= 0.6 is 0 Å². The quantitative estimate of drug-likeness (QED) is 0.650. The minimum Gasteiger partial charge on any atom is -0.288 e. The molecule has 1 fully saturated rings. The van der Waals surface area contributed by atoms with Crippen molar-refractivity contribution in [3.8, 4) is 0 Å². The summed E-state index contributed by atoms with van der Waals surface area (Å²) in [6, 6.07) is 0. The lowest BCUT2D eigenvalue weighted by Crippen LogP contribution is -2.48. The van der Waals surface area contributed by atoms with Gasteiger partial charge in [-0.25, -0.2) is 5.43 Å². The summed E-state index contributed by atoms with van der Waals surface area (Å²) in [6.45, 7) is 6.26. The number of hydrogen-bond acceptors (Lipinski definition) is 5. The number of allylic oxidation sites excluding steroid dienone is 2. The van der Waals surface area contributed by atoms with Crippen LogP contribution in [0.3, 0.4) is 0 Å². The van der Waals surface area contributed by atoms with Gasteiger partial charge in [-0.2, -0.15) is 5.10 Å². The Balaban J connectivity index is 1.68. The van der Waals surface area contributed by atoms with Crippen molar-refractivity contribution in [2.24, 2.45) is 22.4 Å². The predicted octanol–water partition coefficient (Wildman–Crippen LogP) is 1.86. The summed E-state index contributed by atoms with van der Waals surface area (Å²) in [4.78, 5) is 14.0. The summed E-state index contributed by atoms with van der Waals surface area (Å²) < 4.78 is 0. The zero-order valence-electron chi connectivity index (χ0n) is 12.0. The molecule has 3 aliphatic rings. The molecule has 0 spiro atoms. The molecule has 20 heavy (non-hydrogen) atoms. The van der Waals surface area contributed by atoms with Crippen LogP contribution in [0.15, 0.2) is 21.5 Å². The third-order valence-corrected chi connectivity index (χ3v) is 4.76. The molecule has 0 aromatic carbocycles. The molecule has 1 aromatic heterocycles. The van der Waals surface area contributed by atoms with Gasteiger partial charge in [0.15, 0.2) is 0 Å². The summed E-state index contributed by atoms with van der Waals surface area (Å²) in [5, 5.41) is 11.7. The van der Waals surface area contributed by atoms with Crippen LogP contribution in [0.4, 0.5) is 5.95 Å². The molecule has 4 rings (SSSR count). The fourth-order valence-electron chi connectivity index (χ4n) is 3.16. The number of hydrogen-bond donors (Lipinski definition) is 2. The molecular formula is C14H19N5O. The van der Waals surface area contributed by atoms with E-state index in [-0.39, 0.29) is 11.5 Å². The molecule has 0 saturated heterocycles. The fraction of sp³-hybridized carbons (Fsp3) is 0.571. The van der Waals surface area contributed by atoms with Gasteiger partial charge < -0.3 is 0 Å². The second-order valence-corrected chi connectivity index (χ2v) is 6.20. The van der Waals surface area contributed by atoms with Gasteiger partial charge in [-0.05, 0) is 42.6 Å². The van der Waals surface area contributed by atoms with Crippen LogP contribution in [-0.4, -0.2) is 21.4 Å². The molecule has 0 amide bonds. The molecule has 1 aromatic rings. The fourth-order valence-corrected chi connectivity index (χ4v) is 3.16. The Morgan fingerprint density at radius 1 is 1.50 bits per heavy atom. The number of nitrogens with one attached hydrogen (secondary N) is 2. The monoisotopic (exact) mass is 273 g/mol. The highest BCUT2D eigenvalue weighted by Crippen LogP contribution is 2.58. The Bertz CT molecular complexity index is 643. The van der Waals surface area contributed by atoms with Gasteiger partial charge in [-0.15, -0.1) is 10.2 Å². The Hall–Kier alpha value is -1.98. The third kappa shape index (κ3) is 2.05. The van der Waals surface area contributed by atoms with E-state index in [1.165, 1.54) is 12.0 Å². The van der Waals surface area contributed by atoms with Crippen LogP contribution in [0.25, 0.3) is 0 Å². The maximum Gasteiger partial charge on any atom is 0.274 e. The average molecular weight is 273 g/mol. The zero-order chi connectivity index (χ0) is 14.3. The summed E-state index contributed by atoms with van der Waals surface area (Å²) in [5.41, 5.74) is 4.47. The van der Waals surface area contributed by atoms with Crippen LogP contribution in [-0.2, 0) is 0 Å². The molecule has 6 heteroatoms. The highest BCUT2D eigenvalue weighted by Gasteiger charge is 2.50. The number of rotatable bonds is 3. The van der Waals surface area contributed by atoms with Crippen LogP contribution in [0.2, 0.25) is 0 Å².